The van der Waals surface area contributed by atoms with Crippen molar-refractivity contribution >= 4 is 11.8 Å². The minimum atomic E-state index is -0.547. The predicted octanol–water partition coefficient (Wildman–Crippen LogP) is 0.0245. The fraction of sp³-hybridized carbons (Fsp3) is 1.00. The maximum absolute atomic E-state index is 8.99. The highest BCUT2D eigenvalue weighted by Gasteiger charge is 2.00. The Morgan fingerprint density at radius 3 is 2.58 bits per heavy atom. The summed E-state index contributed by atoms with van der Waals surface area (Å²) >= 11 is 1.69. The molecule has 2 N–H and O–H groups in total. The standard InChI is InChI=1S/C8H19NO2S/c1-9(2)4-3-5-12-7-8(11)6-10/h8,10-11H,3-7H2,1-2H3. The first-order valence-corrected chi connectivity index (χ1v) is 5.33. The molecule has 0 saturated carbocycles. The Labute approximate surface area is 78.8 Å². The SMILES string of the molecule is CN(C)CCCSCC(O)CO. The van der Waals surface area contributed by atoms with Gasteiger partial charge in [-0.25, -0.2) is 0 Å². The molecule has 3 nitrogen and oxygen atoms in total. The van der Waals surface area contributed by atoms with E-state index in [-0.39, 0.29) is 6.61 Å². The van der Waals surface area contributed by atoms with Crippen LogP contribution in [0.2, 0.25) is 0 Å². The lowest BCUT2D eigenvalue weighted by molar-refractivity contribution is 0.113. The third-order valence-electron chi connectivity index (χ3n) is 1.41. The Kier molecular flexibility index (Phi) is 8.01. The molecule has 0 fully saturated rings. The average Bonchev–Trinajstić information content (AvgIpc) is 2.03. The summed E-state index contributed by atoms with van der Waals surface area (Å²) in [5, 5.41) is 17.5. The van der Waals surface area contributed by atoms with Gasteiger partial charge in [-0.05, 0) is 32.8 Å². The summed E-state index contributed by atoms with van der Waals surface area (Å²) in [5.74, 6) is 1.69. The Balaban J connectivity index is 3.00. The van der Waals surface area contributed by atoms with E-state index in [0.29, 0.717) is 5.75 Å². The molecule has 0 aromatic heterocycles. The van der Waals surface area contributed by atoms with Gasteiger partial charge in [-0.15, -0.1) is 0 Å². The summed E-state index contributed by atoms with van der Waals surface area (Å²) in [5.41, 5.74) is 0. The first kappa shape index (κ1) is 12.2. The third kappa shape index (κ3) is 8.33. The molecule has 0 aliphatic carbocycles. The molecule has 0 aliphatic rings. The lowest BCUT2D eigenvalue weighted by Crippen LogP contribution is -2.16. The number of rotatable bonds is 7. The predicted molar refractivity (Wildman–Crippen MR) is 53.6 cm³/mol. The molecule has 1 atom stereocenters. The molecule has 0 aromatic rings. The summed E-state index contributed by atoms with van der Waals surface area (Å²) in [4.78, 5) is 2.14. The normalized spacial score (nSPS) is 13.8. The van der Waals surface area contributed by atoms with E-state index in [1.165, 1.54) is 0 Å². The molecular weight excluding hydrogens is 174 g/mol. The highest BCUT2D eigenvalue weighted by atomic mass is 32.2. The summed E-state index contributed by atoms with van der Waals surface area (Å²) in [6, 6.07) is 0. The molecule has 4 heteroatoms. The van der Waals surface area contributed by atoms with Crippen LogP contribution in [0.3, 0.4) is 0 Å². The van der Waals surface area contributed by atoms with Crippen molar-refractivity contribution in [3.63, 3.8) is 0 Å². The number of hydrogen-bond donors (Lipinski definition) is 2. The number of aliphatic hydroxyl groups excluding tert-OH is 2. The van der Waals surface area contributed by atoms with Gasteiger partial charge in [-0.1, -0.05) is 0 Å². The Hall–Kier alpha value is 0.230. The van der Waals surface area contributed by atoms with Crippen molar-refractivity contribution in [3.05, 3.63) is 0 Å². The van der Waals surface area contributed by atoms with E-state index >= 15 is 0 Å². The zero-order chi connectivity index (χ0) is 9.40. The first-order valence-electron chi connectivity index (χ1n) is 4.18. The van der Waals surface area contributed by atoms with Crippen molar-refractivity contribution < 1.29 is 10.2 Å². The van der Waals surface area contributed by atoms with Gasteiger partial charge in [0.25, 0.3) is 0 Å². The fourth-order valence-electron chi connectivity index (χ4n) is 0.755. The number of hydrogen-bond acceptors (Lipinski definition) is 4. The highest BCUT2D eigenvalue weighted by molar-refractivity contribution is 7.99. The highest BCUT2D eigenvalue weighted by Crippen LogP contribution is 2.04. The Morgan fingerprint density at radius 1 is 1.42 bits per heavy atom. The van der Waals surface area contributed by atoms with Crippen molar-refractivity contribution in [2.45, 2.75) is 12.5 Å². The molecule has 0 heterocycles. The second-order valence-electron chi connectivity index (χ2n) is 3.07. The van der Waals surface area contributed by atoms with Crippen LogP contribution in [0.15, 0.2) is 0 Å². The van der Waals surface area contributed by atoms with Crippen LogP contribution in [0.4, 0.5) is 0 Å². The molecule has 12 heavy (non-hydrogen) atoms. The Bertz CT molecular complexity index is 101. The second-order valence-corrected chi connectivity index (χ2v) is 4.22. The average molecular weight is 193 g/mol. The van der Waals surface area contributed by atoms with Gasteiger partial charge < -0.3 is 15.1 Å². The molecule has 74 valence electrons. The van der Waals surface area contributed by atoms with Crippen LogP contribution in [0, 0.1) is 0 Å². The lowest BCUT2D eigenvalue weighted by atomic mass is 10.4. The van der Waals surface area contributed by atoms with Crippen LogP contribution in [0.5, 0.6) is 0 Å². The maximum atomic E-state index is 8.99. The molecule has 0 aromatic carbocycles. The van der Waals surface area contributed by atoms with Crippen LogP contribution < -0.4 is 0 Å². The van der Waals surface area contributed by atoms with Gasteiger partial charge in [0.15, 0.2) is 0 Å². The van der Waals surface area contributed by atoms with E-state index < -0.39 is 6.10 Å². The van der Waals surface area contributed by atoms with Crippen LogP contribution in [-0.2, 0) is 0 Å². The molecule has 0 amide bonds. The van der Waals surface area contributed by atoms with Crippen molar-refractivity contribution in [2.24, 2.45) is 0 Å². The van der Waals surface area contributed by atoms with Gasteiger partial charge in [0.05, 0.1) is 12.7 Å². The largest absolute Gasteiger partial charge is 0.394 e. The quantitative estimate of drug-likeness (QED) is 0.560. The van der Waals surface area contributed by atoms with Crippen molar-refractivity contribution in [1.29, 1.82) is 0 Å². The minimum absolute atomic E-state index is 0.124. The summed E-state index contributed by atoms with van der Waals surface area (Å²) < 4.78 is 0. The third-order valence-corrected chi connectivity index (χ3v) is 2.61. The topological polar surface area (TPSA) is 43.7 Å². The van der Waals surface area contributed by atoms with E-state index in [9.17, 15) is 0 Å². The van der Waals surface area contributed by atoms with Crippen LogP contribution in [0.25, 0.3) is 0 Å². The van der Waals surface area contributed by atoms with Gasteiger partial charge in [0, 0.05) is 5.75 Å². The maximum Gasteiger partial charge on any atom is 0.0861 e. The summed E-state index contributed by atoms with van der Waals surface area (Å²) in [7, 11) is 4.10. The summed E-state index contributed by atoms with van der Waals surface area (Å²) in [6.45, 7) is 0.961. The van der Waals surface area contributed by atoms with E-state index in [1.54, 1.807) is 11.8 Å². The van der Waals surface area contributed by atoms with Gasteiger partial charge in [0.2, 0.25) is 0 Å². The molecule has 0 saturated heterocycles. The van der Waals surface area contributed by atoms with Crippen molar-refractivity contribution in [3.8, 4) is 0 Å². The molecule has 0 bridgehead atoms. The lowest BCUT2D eigenvalue weighted by Gasteiger charge is -2.09. The number of thioether (sulfide) groups is 1. The molecule has 0 rings (SSSR count). The minimum Gasteiger partial charge on any atom is -0.394 e. The van der Waals surface area contributed by atoms with Crippen LogP contribution in [0.1, 0.15) is 6.42 Å². The van der Waals surface area contributed by atoms with Gasteiger partial charge >= 0.3 is 0 Å². The summed E-state index contributed by atoms with van der Waals surface area (Å²) in [6.07, 6.45) is 0.588. The monoisotopic (exact) mass is 193 g/mol. The molecule has 1 unspecified atom stereocenters. The van der Waals surface area contributed by atoms with Gasteiger partial charge in [-0.2, -0.15) is 11.8 Å². The Morgan fingerprint density at radius 2 is 2.08 bits per heavy atom. The van der Waals surface area contributed by atoms with E-state index in [1.807, 2.05) is 14.1 Å². The molecular formula is C8H19NO2S. The van der Waals surface area contributed by atoms with E-state index in [2.05, 4.69) is 4.90 Å². The van der Waals surface area contributed by atoms with E-state index in [4.69, 9.17) is 10.2 Å². The second kappa shape index (κ2) is 7.86. The van der Waals surface area contributed by atoms with Gasteiger partial charge in [0.1, 0.15) is 0 Å². The zero-order valence-electron chi connectivity index (χ0n) is 7.86. The van der Waals surface area contributed by atoms with Gasteiger partial charge in [-0.3, -0.25) is 0 Å². The van der Waals surface area contributed by atoms with Crippen LogP contribution >= 0.6 is 11.8 Å². The number of aliphatic hydroxyl groups is 2. The molecule has 0 radical (unpaired) electrons. The van der Waals surface area contributed by atoms with Crippen LogP contribution in [-0.4, -0.2) is 60.0 Å². The number of nitrogens with zero attached hydrogens (tertiary/aromatic N) is 1. The van der Waals surface area contributed by atoms with Crippen molar-refractivity contribution in [1.82, 2.24) is 4.90 Å². The molecule has 0 aliphatic heterocycles. The zero-order valence-corrected chi connectivity index (χ0v) is 8.68. The first-order chi connectivity index (χ1) is 5.66. The van der Waals surface area contributed by atoms with E-state index in [0.717, 1.165) is 18.7 Å². The molecule has 0 spiro atoms. The smallest absolute Gasteiger partial charge is 0.0861 e. The fourth-order valence-corrected chi connectivity index (χ4v) is 1.63. The van der Waals surface area contributed by atoms with Crippen molar-refractivity contribution in [2.75, 3.05) is 38.8 Å².